The molecule has 2 aliphatic heterocycles. The Morgan fingerprint density at radius 2 is 2.44 bits per heavy atom. The average Bonchev–Trinajstić information content (AvgIpc) is 2.72. The molecule has 0 saturated carbocycles. The van der Waals surface area contributed by atoms with E-state index in [1.165, 1.54) is 0 Å². The highest BCUT2D eigenvalue weighted by Crippen LogP contribution is 2.29. The van der Waals surface area contributed by atoms with Crippen molar-refractivity contribution in [3.8, 4) is 0 Å². The number of guanidine groups is 1. The zero-order valence-corrected chi connectivity index (χ0v) is 9.93. The number of carbonyl (C=O) groups is 1. The summed E-state index contributed by atoms with van der Waals surface area (Å²) in [6.45, 7) is 0. The van der Waals surface area contributed by atoms with Crippen LogP contribution >= 0.6 is 11.8 Å². The average molecular weight is 244 g/mol. The monoisotopic (exact) mass is 244 g/mol. The van der Waals surface area contributed by atoms with Crippen molar-refractivity contribution in [2.45, 2.75) is 43.0 Å². The van der Waals surface area contributed by atoms with Crippen molar-refractivity contribution in [2.75, 3.05) is 5.75 Å². The maximum absolute atomic E-state index is 10.4. The van der Waals surface area contributed by atoms with Crippen LogP contribution in [0.3, 0.4) is 0 Å². The predicted molar refractivity (Wildman–Crippen MR) is 63.2 cm³/mol. The highest BCUT2D eigenvalue weighted by atomic mass is 32.2. The van der Waals surface area contributed by atoms with E-state index in [-0.39, 0.29) is 6.42 Å². The van der Waals surface area contributed by atoms with Crippen molar-refractivity contribution in [1.82, 2.24) is 5.32 Å². The van der Waals surface area contributed by atoms with Gasteiger partial charge in [0.2, 0.25) is 0 Å². The third-order valence-corrected chi connectivity index (χ3v) is 4.62. The first-order valence-electron chi connectivity index (χ1n) is 5.65. The Balaban J connectivity index is 1.72. The fourth-order valence-electron chi connectivity index (χ4n) is 2.32. The molecule has 2 aliphatic rings. The summed E-state index contributed by atoms with van der Waals surface area (Å²) in [5, 5.41) is 12.3. The van der Waals surface area contributed by atoms with E-state index >= 15 is 0 Å². The summed E-state index contributed by atoms with van der Waals surface area (Å²) in [4.78, 5) is 13.6. The van der Waals surface area contributed by atoms with Crippen molar-refractivity contribution >= 4 is 23.7 Å². The van der Waals surface area contributed by atoms with E-state index in [0.29, 0.717) is 23.3 Å². The molecule has 0 bridgehead atoms. The van der Waals surface area contributed by atoms with E-state index in [1.807, 2.05) is 11.8 Å². The standard InChI is InChI=1S/C10H17N3O2S/c11-10-12-6-5-16-7(9(6)13-10)3-1-2-4-8(14)15/h6-7,9H,1-5H2,(H,14,15)(H3,11,12,13)/p+1. The first-order valence-corrected chi connectivity index (χ1v) is 6.70. The summed E-state index contributed by atoms with van der Waals surface area (Å²) in [6.07, 6.45) is 3.11. The summed E-state index contributed by atoms with van der Waals surface area (Å²) < 4.78 is 0. The topological polar surface area (TPSA) is 89.3 Å². The number of rotatable bonds is 5. The smallest absolute Gasteiger partial charge is 0.341 e. The molecule has 0 aliphatic carbocycles. The van der Waals surface area contributed by atoms with Crippen LogP contribution in [0.4, 0.5) is 0 Å². The molecule has 3 atom stereocenters. The zero-order chi connectivity index (χ0) is 11.5. The molecule has 0 radical (unpaired) electrons. The van der Waals surface area contributed by atoms with Crippen LogP contribution in [0.1, 0.15) is 25.7 Å². The van der Waals surface area contributed by atoms with Crippen LogP contribution in [0.2, 0.25) is 0 Å². The quantitative estimate of drug-likeness (QED) is 0.441. The van der Waals surface area contributed by atoms with Gasteiger partial charge in [0, 0.05) is 17.4 Å². The Morgan fingerprint density at radius 3 is 3.19 bits per heavy atom. The molecule has 1 fully saturated rings. The minimum absolute atomic E-state index is 0.283. The van der Waals surface area contributed by atoms with Gasteiger partial charge in [-0.1, -0.05) is 6.42 Å². The maximum Gasteiger partial charge on any atom is 0.341 e. The number of hydrogen-bond acceptors (Lipinski definition) is 4. The third-order valence-electron chi connectivity index (χ3n) is 3.12. The van der Waals surface area contributed by atoms with Gasteiger partial charge in [0.05, 0.1) is 0 Å². The minimum atomic E-state index is -0.699. The molecule has 1 saturated heterocycles. The highest BCUT2D eigenvalue weighted by Gasteiger charge is 2.43. The van der Waals surface area contributed by atoms with Gasteiger partial charge in [0.1, 0.15) is 12.1 Å². The summed E-state index contributed by atoms with van der Waals surface area (Å²) >= 11 is 1.95. The van der Waals surface area contributed by atoms with Gasteiger partial charge in [-0.2, -0.15) is 11.8 Å². The lowest BCUT2D eigenvalue weighted by molar-refractivity contribution is -0.493. The second kappa shape index (κ2) is 4.95. The van der Waals surface area contributed by atoms with Gasteiger partial charge in [-0.15, -0.1) is 0 Å². The van der Waals surface area contributed by atoms with Crippen LogP contribution in [0.15, 0.2) is 0 Å². The normalized spacial score (nSPS) is 32.0. The first kappa shape index (κ1) is 11.6. The molecule has 5 nitrogen and oxygen atoms in total. The van der Waals surface area contributed by atoms with E-state index in [4.69, 9.17) is 10.8 Å². The predicted octanol–water partition coefficient (Wildman–Crippen LogP) is -1.52. The zero-order valence-electron chi connectivity index (χ0n) is 9.11. The Hall–Kier alpha value is -0.910. The SMILES string of the molecule is NC1=[NH+]C2C(CSC2CCCCC(=O)O)N1. The lowest BCUT2D eigenvalue weighted by Gasteiger charge is -2.12. The molecular formula is C10H18N3O2S+. The van der Waals surface area contributed by atoms with Crippen LogP contribution in [-0.4, -0.2) is 40.1 Å². The first-order chi connectivity index (χ1) is 7.66. The number of carboxylic acids is 1. The lowest BCUT2D eigenvalue weighted by atomic mass is 10.0. The molecule has 0 spiro atoms. The summed E-state index contributed by atoms with van der Waals surface area (Å²) in [6, 6.07) is 0.879. The van der Waals surface area contributed by atoms with Gasteiger partial charge in [-0.05, 0) is 12.8 Å². The number of aliphatic carboxylic acids is 1. The Labute approximate surface area is 98.9 Å². The van der Waals surface area contributed by atoms with Crippen LogP contribution in [0.5, 0.6) is 0 Å². The second-order valence-corrected chi connectivity index (χ2v) is 5.62. The molecule has 16 heavy (non-hydrogen) atoms. The Bertz CT molecular complexity index is 308. The third kappa shape index (κ3) is 2.61. The Morgan fingerprint density at radius 1 is 1.62 bits per heavy atom. The molecule has 0 aromatic carbocycles. The molecule has 0 aromatic heterocycles. The second-order valence-electron chi connectivity index (χ2n) is 4.35. The van der Waals surface area contributed by atoms with Crippen molar-refractivity contribution in [2.24, 2.45) is 5.73 Å². The maximum atomic E-state index is 10.4. The van der Waals surface area contributed by atoms with Gasteiger partial charge in [0.25, 0.3) is 0 Å². The van der Waals surface area contributed by atoms with Gasteiger partial charge >= 0.3 is 11.9 Å². The van der Waals surface area contributed by atoms with Gasteiger partial charge in [0.15, 0.2) is 0 Å². The summed E-state index contributed by atoms with van der Waals surface area (Å²) in [5.41, 5.74) is 5.69. The van der Waals surface area contributed by atoms with Gasteiger partial charge < -0.3 is 5.11 Å². The fraction of sp³-hybridized carbons (Fsp3) is 0.800. The lowest BCUT2D eigenvalue weighted by Crippen LogP contribution is -2.81. The van der Waals surface area contributed by atoms with Crippen LogP contribution < -0.4 is 16.0 Å². The fourth-order valence-corrected chi connectivity index (χ4v) is 3.87. The van der Waals surface area contributed by atoms with E-state index in [0.717, 1.165) is 25.0 Å². The number of nitrogens with two attached hydrogens (primary N) is 1. The molecular weight excluding hydrogens is 226 g/mol. The molecule has 0 aromatic rings. The van der Waals surface area contributed by atoms with E-state index in [9.17, 15) is 4.79 Å². The number of thioether (sulfide) groups is 1. The van der Waals surface area contributed by atoms with Crippen LogP contribution in [0, 0.1) is 0 Å². The molecule has 90 valence electrons. The molecule has 6 heteroatoms. The van der Waals surface area contributed by atoms with E-state index in [2.05, 4.69) is 10.3 Å². The van der Waals surface area contributed by atoms with Crippen molar-refractivity contribution < 1.29 is 14.9 Å². The van der Waals surface area contributed by atoms with Gasteiger partial charge in [-0.3, -0.25) is 20.8 Å². The van der Waals surface area contributed by atoms with Crippen LogP contribution in [0.25, 0.3) is 0 Å². The highest BCUT2D eigenvalue weighted by molar-refractivity contribution is 8.00. The van der Waals surface area contributed by atoms with Crippen molar-refractivity contribution in [1.29, 1.82) is 0 Å². The summed E-state index contributed by atoms with van der Waals surface area (Å²) in [5.74, 6) is 1.07. The molecule has 3 unspecified atom stereocenters. The van der Waals surface area contributed by atoms with Crippen molar-refractivity contribution in [3.05, 3.63) is 0 Å². The van der Waals surface area contributed by atoms with Gasteiger partial charge in [-0.25, -0.2) is 0 Å². The number of carboxylic acid groups (broad SMARTS) is 1. The molecule has 2 heterocycles. The van der Waals surface area contributed by atoms with Crippen molar-refractivity contribution in [3.63, 3.8) is 0 Å². The van der Waals surface area contributed by atoms with Crippen LogP contribution in [-0.2, 0) is 4.79 Å². The number of hydrogen-bond donors (Lipinski definition) is 4. The molecule has 5 N–H and O–H groups in total. The minimum Gasteiger partial charge on any atom is -0.481 e. The summed E-state index contributed by atoms with van der Waals surface area (Å²) in [7, 11) is 0. The molecule has 2 rings (SSSR count). The number of fused-ring (bicyclic) bond motifs is 1. The molecule has 0 amide bonds. The largest absolute Gasteiger partial charge is 0.481 e. The van der Waals surface area contributed by atoms with E-state index < -0.39 is 5.97 Å². The Kier molecular flexibility index (Phi) is 3.58. The van der Waals surface area contributed by atoms with E-state index in [1.54, 1.807) is 0 Å². The number of unbranched alkanes of at least 4 members (excludes halogenated alkanes) is 1. The number of nitrogens with one attached hydrogen (secondary N) is 2.